The molecule has 1 saturated heterocycles. The van der Waals surface area contributed by atoms with Crippen molar-refractivity contribution in [3.63, 3.8) is 0 Å². The Balaban J connectivity index is 1.90. The molecule has 1 heterocycles. The topological polar surface area (TPSA) is 18.5 Å². The number of nitrogens with one attached hydrogen (secondary N) is 1. The van der Waals surface area contributed by atoms with Crippen LogP contribution in [-0.4, -0.2) is 56.1 Å². The molecule has 1 aromatic rings. The molecule has 0 amide bonds. The maximum atomic E-state index is 3.71. The summed E-state index contributed by atoms with van der Waals surface area (Å²) in [6, 6.07) is 12.1. The number of nitrogens with zero attached hydrogens (tertiary/aromatic N) is 2. The van der Waals surface area contributed by atoms with E-state index in [4.69, 9.17) is 0 Å². The minimum absolute atomic E-state index is 0.460. The van der Waals surface area contributed by atoms with Gasteiger partial charge < -0.3 is 15.1 Å². The van der Waals surface area contributed by atoms with Gasteiger partial charge in [0.1, 0.15) is 0 Å². The van der Waals surface area contributed by atoms with Crippen molar-refractivity contribution < 1.29 is 0 Å². The van der Waals surface area contributed by atoms with E-state index in [0.29, 0.717) is 6.04 Å². The van der Waals surface area contributed by atoms with Gasteiger partial charge in [0.25, 0.3) is 0 Å². The van der Waals surface area contributed by atoms with Crippen molar-refractivity contribution in [3.05, 3.63) is 35.9 Å². The Morgan fingerprint density at radius 2 is 1.86 bits per heavy atom. The minimum Gasteiger partial charge on any atom is -0.309 e. The predicted octanol–water partition coefficient (Wildman–Crippen LogP) is 2.75. The fourth-order valence-electron chi connectivity index (χ4n) is 3.17. The summed E-state index contributed by atoms with van der Waals surface area (Å²) in [5.74, 6) is 0. The van der Waals surface area contributed by atoms with Gasteiger partial charge in [-0.15, -0.1) is 0 Å². The lowest BCUT2D eigenvalue weighted by atomic mass is 10.0. The molecule has 0 spiro atoms. The maximum Gasteiger partial charge on any atom is 0.0449 e. The second-order valence-electron chi connectivity index (χ2n) is 6.41. The molecule has 1 aliphatic heterocycles. The van der Waals surface area contributed by atoms with Gasteiger partial charge in [-0.25, -0.2) is 0 Å². The number of hydrogen-bond acceptors (Lipinski definition) is 3. The summed E-state index contributed by atoms with van der Waals surface area (Å²) < 4.78 is 0. The zero-order valence-corrected chi connectivity index (χ0v) is 13.9. The molecule has 1 unspecified atom stereocenters. The fraction of sp³-hybridized carbons (Fsp3) is 0.667. The lowest BCUT2D eigenvalue weighted by Gasteiger charge is -2.37. The Kier molecular flexibility index (Phi) is 6.68. The number of benzene rings is 1. The predicted molar refractivity (Wildman–Crippen MR) is 90.6 cm³/mol. The van der Waals surface area contributed by atoms with Gasteiger partial charge in [0.2, 0.25) is 0 Å². The lowest BCUT2D eigenvalue weighted by molar-refractivity contribution is 0.135. The van der Waals surface area contributed by atoms with Crippen LogP contribution in [0.3, 0.4) is 0 Å². The summed E-state index contributed by atoms with van der Waals surface area (Å²) in [6.07, 6.45) is 3.77. The molecule has 0 bridgehead atoms. The monoisotopic (exact) mass is 289 g/mol. The number of hydrogen-bond donors (Lipinski definition) is 1. The van der Waals surface area contributed by atoms with E-state index in [1.165, 1.54) is 37.9 Å². The van der Waals surface area contributed by atoms with Crippen molar-refractivity contribution in [3.8, 4) is 0 Å². The van der Waals surface area contributed by atoms with Crippen LogP contribution in [0.5, 0.6) is 0 Å². The van der Waals surface area contributed by atoms with Crippen molar-refractivity contribution in [2.24, 2.45) is 0 Å². The Bertz CT molecular complexity index is 383. The van der Waals surface area contributed by atoms with Crippen LogP contribution < -0.4 is 5.32 Å². The second kappa shape index (κ2) is 8.52. The van der Waals surface area contributed by atoms with Crippen LogP contribution in [0.25, 0.3) is 0 Å². The third-order valence-electron chi connectivity index (χ3n) is 4.57. The van der Waals surface area contributed by atoms with Crippen LogP contribution in [-0.2, 0) is 0 Å². The summed E-state index contributed by atoms with van der Waals surface area (Å²) >= 11 is 0. The molecule has 21 heavy (non-hydrogen) atoms. The van der Waals surface area contributed by atoms with Crippen LogP contribution in [0.15, 0.2) is 30.3 Å². The smallest absolute Gasteiger partial charge is 0.0449 e. The van der Waals surface area contributed by atoms with E-state index in [2.05, 4.69) is 66.5 Å². The molecule has 1 atom stereocenters. The molecule has 0 aliphatic carbocycles. The van der Waals surface area contributed by atoms with Gasteiger partial charge in [-0.05, 0) is 58.6 Å². The van der Waals surface area contributed by atoms with Crippen molar-refractivity contribution in [1.29, 1.82) is 0 Å². The summed E-state index contributed by atoms with van der Waals surface area (Å²) in [7, 11) is 4.41. The standard InChI is InChI=1S/C18H31N3/c1-4-12-19-18(16-8-6-5-7-9-16)15-21-13-10-17(11-14-21)20(2)3/h5-9,17-19H,4,10-15H2,1-3H3. The average molecular weight is 289 g/mol. The Hall–Kier alpha value is -0.900. The average Bonchev–Trinajstić information content (AvgIpc) is 2.52. The molecule has 1 fully saturated rings. The molecular weight excluding hydrogens is 258 g/mol. The molecule has 3 heteroatoms. The molecule has 118 valence electrons. The van der Waals surface area contributed by atoms with E-state index in [1.54, 1.807) is 0 Å². The van der Waals surface area contributed by atoms with Crippen molar-refractivity contribution >= 4 is 0 Å². The Morgan fingerprint density at radius 1 is 1.19 bits per heavy atom. The number of likely N-dealkylation sites (tertiary alicyclic amines) is 1. The zero-order chi connectivity index (χ0) is 15.1. The lowest BCUT2D eigenvalue weighted by Crippen LogP contribution is -2.44. The van der Waals surface area contributed by atoms with Crippen molar-refractivity contribution in [2.45, 2.75) is 38.3 Å². The Labute approximate surface area is 130 Å². The van der Waals surface area contributed by atoms with Crippen LogP contribution in [0.2, 0.25) is 0 Å². The fourth-order valence-corrected chi connectivity index (χ4v) is 3.17. The highest BCUT2D eigenvalue weighted by Crippen LogP contribution is 2.19. The maximum absolute atomic E-state index is 3.71. The molecule has 2 rings (SSSR count). The normalized spacial score (nSPS) is 19.0. The van der Waals surface area contributed by atoms with Gasteiger partial charge in [0, 0.05) is 18.6 Å². The second-order valence-corrected chi connectivity index (χ2v) is 6.41. The highest BCUT2D eigenvalue weighted by molar-refractivity contribution is 5.19. The van der Waals surface area contributed by atoms with Crippen LogP contribution >= 0.6 is 0 Å². The van der Waals surface area contributed by atoms with Crippen molar-refractivity contribution in [2.75, 3.05) is 40.3 Å². The third kappa shape index (κ3) is 5.10. The molecule has 1 aliphatic rings. The molecule has 0 saturated carbocycles. The van der Waals surface area contributed by atoms with Gasteiger partial charge in [0.15, 0.2) is 0 Å². The van der Waals surface area contributed by atoms with Crippen LogP contribution in [0, 0.1) is 0 Å². The largest absolute Gasteiger partial charge is 0.309 e. The first-order valence-electron chi connectivity index (χ1n) is 8.37. The number of piperidine rings is 1. The third-order valence-corrected chi connectivity index (χ3v) is 4.57. The quantitative estimate of drug-likeness (QED) is 0.833. The Morgan fingerprint density at radius 3 is 2.43 bits per heavy atom. The summed E-state index contributed by atoms with van der Waals surface area (Å²) in [4.78, 5) is 5.00. The first-order valence-corrected chi connectivity index (χ1v) is 8.37. The van der Waals surface area contributed by atoms with Crippen molar-refractivity contribution in [1.82, 2.24) is 15.1 Å². The molecule has 3 nitrogen and oxygen atoms in total. The van der Waals surface area contributed by atoms with Gasteiger partial charge in [0.05, 0.1) is 0 Å². The molecular formula is C18H31N3. The SMILES string of the molecule is CCCNC(CN1CCC(N(C)C)CC1)c1ccccc1. The molecule has 0 radical (unpaired) electrons. The van der Waals surface area contributed by atoms with E-state index in [1.807, 2.05) is 0 Å². The first kappa shape index (κ1) is 16.5. The van der Waals surface area contributed by atoms with Gasteiger partial charge >= 0.3 is 0 Å². The van der Waals surface area contributed by atoms with E-state index < -0.39 is 0 Å². The minimum atomic E-state index is 0.460. The van der Waals surface area contributed by atoms with E-state index in [-0.39, 0.29) is 0 Å². The zero-order valence-electron chi connectivity index (χ0n) is 13.9. The highest BCUT2D eigenvalue weighted by Gasteiger charge is 2.23. The molecule has 1 N–H and O–H groups in total. The van der Waals surface area contributed by atoms with E-state index >= 15 is 0 Å². The van der Waals surface area contributed by atoms with Crippen LogP contribution in [0.4, 0.5) is 0 Å². The van der Waals surface area contributed by atoms with Gasteiger partial charge in [-0.2, -0.15) is 0 Å². The summed E-state index contributed by atoms with van der Waals surface area (Å²) in [5.41, 5.74) is 1.42. The number of rotatable bonds is 7. The molecule has 0 aromatic heterocycles. The van der Waals surface area contributed by atoms with Gasteiger partial charge in [-0.1, -0.05) is 37.3 Å². The van der Waals surface area contributed by atoms with Crippen LogP contribution in [0.1, 0.15) is 37.8 Å². The summed E-state index contributed by atoms with van der Waals surface area (Å²) in [6.45, 7) is 6.90. The highest BCUT2D eigenvalue weighted by atomic mass is 15.2. The van der Waals surface area contributed by atoms with E-state index in [0.717, 1.165) is 19.1 Å². The first-order chi connectivity index (χ1) is 10.2. The summed E-state index contributed by atoms with van der Waals surface area (Å²) in [5, 5.41) is 3.71. The van der Waals surface area contributed by atoms with E-state index in [9.17, 15) is 0 Å². The molecule has 1 aromatic carbocycles. The van der Waals surface area contributed by atoms with Gasteiger partial charge in [-0.3, -0.25) is 0 Å².